The number of aromatic nitrogens is 1. The van der Waals surface area contributed by atoms with Crippen LogP contribution in [-0.4, -0.2) is 10.9 Å². The molecule has 2 N–H and O–H groups in total. The standard InChI is InChI=1S/C17H14F3N3O2S/c18-17(19,20)11-3-1-4-12(7-11)22-16-23-13(10-26-16)8-15(24)21-9-14-5-2-6-25-14/h1-7,10H,8-9H2,(H,21,24)(H,22,23). The number of benzene rings is 1. The van der Waals surface area contributed by atoms with Crippen molar-refractivity contribution < 1.29 is 22.4 Å². The molecular weight excluding hydrogens is 367 g/mol. The Balaban J connectivity index is 1.57. The molecule has 3 rings (SSSR count). The highest BCUT2D eigenvalue weighted by Crippen LogP contribution is 2.31. The van der Waals surface area contributed by atoms with Crippen LogP contribution in [0.25, 0.3) is 0 Å². The number of furan rings is 1. The zero-order valence-corrected chi connectivity index (χ0v) is 14.2. The zero-order chi connectivity index (χ0) is 18.6. The largest absolute Gasteiger partial charge is 0.467 e. The molecule has 0 saturated carbocycles. The molecule has 0 radical (unpaired) electrons. The van der Waals surface area contributed by atoms with Crippen molar-refractivity contribution in [2.45, 2.75) is 19.1 Å². The Hall–Kier alpha value is -2.81. The summed E-state index contributed by atoms with van der Waals surface area (Å²) in [5.74, 6) is 0.417. The van der Waals surface area contributed by atoms with Crippen LogP contribution in [0.3, 0.4) is 0 Å². The number of halogens is 3. The van der Waals surface area contributed by atoms with E-state index in [1.807, 2.05) is 0 Å². The van der Waals surface area contributed by atoms with Crippen molar-refractivity contribution in [3.63, 3.8) is 0 Å². The number of carbonyl (C=O) groups excluding carboxylic acids is 1. The van der Waals surface area contributed by atoms with Gasteiger partial charge in [-0.1, -0.05) is 6.07 Å². The molecule has 0 aliphatic carbocycles. The fraction of sp³-hybridized carbons (Fsp3) is 0.176. The normalized spacial score (nSPS) is 11.3. The number of anilines is 2. The SMILES string of the molecule is O=C(Cc1csc(Nc2cccc(C(F)(F)F)c2)n1)NCc1ccco1. The first-order valence-electron chi connectivity index (χ1n) is 7.58. The third kappa shape index (κ3) is 4.85. The molecule has 0 saturated heterocycles. The van der Waals surface area contributed by atoms with Crippen LogP contribution >= 0.6 is 11.3 Å². The van der Waals surface area contributed by atoms with E-state index in [1.165, 1.54) is 29.7 Å². The minimum absolute atomic E-state index is 0.0709. The van der Waals surface area contributed by atoms with E-state index < -0.39 is 11.7 Å². The summed E-state index contributed by atoms with van der Waals surface area (Å²) in [4.78, 5) is 16.1. The minimum Gasteiger partial charge on any atom is -0.467 e. The van der Waals surface area contributed by atoms with Gasteiger partial charge in [-0.25, -0.2) is 4.98 Å². The number of nitrogens with one attached hydrogen (secondary N) is 2. The Morgan fingerprint density at radius 2 is 2.08 bits per heavy atom. The van der Waals surface area contributed by atoms with Gasteiger partial charge >= 0.3 is 6.18 Å². The van der Waals surface area contributed by atoms with E-state index in [2.05, 4.69) is 15.6 Å². The third-order valence-corrected chi connectivity index (χ3v) is 4.18. The molecular formula is C17H14F3N3O2S. The van der Waals surface area contributed by atoms with Gasteiger partial charge in [0.05, 0.1) is 30.5 Å². The molecule has 1 amide bonds. The quantitative estimate of drug-likeness (QED) is 0.666. The number of hydrogen-bond acceptors (Lipinski definition) is 5. The molecule has 2 aromatic heterocycles. The minimum atomic E-state index is -4.40. The molecule has 0 atom stereocenters. The lowest BCUT2D eigenvalue weighted by molar-refractivity contribution is -0.137. The Kier molecular flexibility index (Phi) is 5.27. The van der Waals surface area contributed by atoms with Gasteiger partial charge in [-0.05, 0) is 30.3 Å². The highest BCUT2D eigenvalue weighted by Gasteiger charge is 2.30. The van der Waals surface area contributed by atoms with Crippen molar-refractivity contribution in [2.24, 2.45) is 0 Å². The van der Waals surface area contributed by atoms with Gasteiger partial charge in [0.15, 0.2) is 5.13 Å². The van der Waals surface area contributed by atoms with Gasteiger partial charge in [0.1, 0.15) is 5.76 Å². The van der Waals surface area contributed by atoms with Crippen LogP contribution < -0.4 is 10.6 Å². The van der Waals surface area contributed by atoms with E-state index in [4.69, 9.17) is 4.42 Å². The molecule has 3 aromatic rings. The first-order chi connectivity index (χ1) is 12.4. The van der Waals surface area contributed by atoms with E-state index >= 15 is 0 Å². The first-order valence-corrected chi connectivity index (χ1v) is 8.46. The number of alkyl halides is 3. The summed E-state index contributed by atoms with van der Waals surface area (Å²) in [7, 11) is 0. The molecule has 0 aliphatic rings. The van der Waals surface area contributed by atoms with Crippen molar-refractivity contribution >= 4 is 28.1 Å². The second-order valence-electron chi connectivity index (χ2n) is 5.38. The monoisotopic (exact) mass is 381 g/mol. The Bertz CT molecular complexity index is 876. The molecule has 1 aromatic carbocycles. The van der Waals surface area contributed by atoms with Crippen LogP contribution in [0.15, 0.2) is 52.5 Å². The van der Waals surface area contributed by atoms with Crippen LogP contribution in [0.2, 0.25) is 0 Å². The maximum Gasteiger partial charge on any atom is 0.416 e. The van der Waals surface area contributed by atoms with Crippen LogP contribution in [0, 0.1) is 0 Å². The maximum absolute atomic E-state index is 12.7. The summed E-state index contributed by atoms with van der Waals surface area (Å²) in [6.07, 6.45) is -2.81. The van der Waals surface area contributed by atoms with Gasteiger partial charge in [-0.3, -0.25) is 4.79 Å². The summed E-state index contributed by atoms with van der Waals surface area (Å²) in [5, 5.41) is 7.63. The Morgan fingerprint density at radius 1 is 1.23 bits per heavy atom. The average molecular weight is 381 g/mol. The Morgan fingerprint density at radius 3 is 2.81 bits per heavy atom. The second kappa shape index (κ2) is 7.61. The smallest absolute Gasteiger partial charge is 0.416 e. The van der Waals surface area contributed by atoms with Crippen molar-refractivity contribution in [3.05, 3.63) is 65.1 Å². The van der Waals surface area contributed by atoms with Gasteiger partial charge in [-0.15, -0.1) is 11.3 Å². The zero-order valence-electron chi connectivity index (χ0n) is 13.3. The molecule has 0 unspecified atom stereocenters. The van der Waals surface area contributed by atoms with Crippen molar-refractivity contribution in [2.75, 3.05) is 5.32 Å². The van der Waals surface area contributed by atoms with Crippen LogP contribution in [0.5, 0.6) is 0 Å². The van der Waals surface area contributed by atoms with E-state index in [9.17, 15) is 18.0 Å². The lowest BCUT2D eigenvalue weighted by atomic mass is 10.2. The molecule has 9 heteroatoms. The summed E-state index contributed by atoms with van der Waals surface area (Å²) in [5.41, 5.74) is 0.0704. The molecule has 2 heterocycles. The molecule has 5 nitrogen and oxygen atoms in total. The maximum atomic E-state index is 12.7. The summed E-state index contributed by atoms with van der Waals surface area (Å²) in [6.45, 7) is 0.283. The van der Waals surface area contributed by atoms with Gasteiger partial charge in [0.25, 0.3) is 0 Å². The van der Waals surface area contributed by atoms with Gasteiger partial charge in [-0.2, -0.15) is 13.2 Å². The molecule has 0 bridgehead atoms. The second-order valence-corrected chi connectivity index (χ2v) is 6.24. The van der Waals surface area contributed by atoms with Crippen molar-refractivity contribution in [1.29, 1.82) is 0 Å². The van der Waals surface area contributed by atoms with E-state index in [0.717, 1.165) is 12.1 Å². The topological polar surface area (TPSA) is 67.2 Å². The predicted molar refractivity (Wildman–Crippen MR) is 91.1 cm³/mol. The van der Waals surface area contributed by atoms with E-state index in [1.54, 1.807) is 17.5 Å². The number of thiazole rings is 1. The molecule has 0 aliphatic heterocycles. The van der Waals surface area contributed by atoms with E-state index in [0.29, 0.717) is 16.6 Å². The molecule has 0 spiro atoms. The first kappa shape index (κ1) is 18.0. The van der Waals surface area contributed by atoms with Crippen LogP contribution in [-0.2, 0) is 23.9 Å². The lowest BCUT2D eigenvalue weighted by Gasteiger charge is -2.08. The predicted octanol–water partition coefficient (Wildman–Crippen LogP) is 4.36. The third-order valence-electron chi connectivity index (χ3n) is 3.37. The molecule has 26 heavy (non-hydrogen) atoms. The number of rotatable bonds is 6. The summed E-state index contributed by atoms with van der Waals surface area (Å²) < 4.78 is 43.3. The molecule has 136 valence electrons. The fourth-order valence-electron chi connectivity index (χ4n) is 2.17. The summed E-state index contributed by atoms with van der Waals surface area (Å²) >= 11 is 1.21. The van der Waals surface area contributed by atoms with E-state index in [-0.39, 0.29) is 24.6 Å². The highest BCUT2D eigenvalue weighted by molar-refractivity contribution is 7.13. The van der Waals surface area contributed by atoms with Gasteiger partial charge < -0.3 is 15.1 Å². The Labute approximate surface area is 150 Å². The number of amides is 1. The van der Waals surface area contributed by atoms with Crippen molar-refractivity contribution in [3.8, 4) is 0 Å². The van der Waals surface area contributed by atoms with Crippen LogP contribution in [0.1, 0.15) is 17.0 Å². The van der Waals surface area contributed by atoms with Gasteiger partial charge in [0.2, 0.25) is 5.91 Å². The lowest BCUT2D eigenvalue weighted by Crippen LogP contribution is -2.24. The molecule has 0 fully saturated rings. The van der Waals surface area contributed by atoms with Crippen LogP contribution in [0.4, 0.5) is 24.0 Å². The van der Waals surface area contributed by atoms with Crippen molar-refractivity contribution in [1.82, 2.24) is 10.3 Å². The number of hydrogen-bond donors (Lipinski definition) is 2. The number of carbonyl (C=O) groups is 1. The number of nitrogens with zero attached hydrogens (tertiary/aromatic N) is 1. The fourth-order valence-corrected chi connectivity index (χ4v) is 2.90. The average Bonchev–Trinajstić information content (AvgIpc) is 3.24. The summed E-state index contributed by atoms with van der Waals surface area (Å²) in [6, 6.07) is 8.33. The van der Waals surface area contributed by atoms with Gasteiger partial charge in [0, 0.05) is 11.1 Å². The highest BCUT2D eigenvalue weighted by atomic mass is 32.1.